The number of nitrogens with two attached hydrogens (primary N) is 1. The van der Waals surface area contributed by atoms with Gasteiger partial charge in [-0.25, -0.2) is 4.79 Å². The fourth-order valence-electron chi connectivity index (χ4n) is 2.00. The Hall–Kier alpha value is -1.14. The molecule has 104 valence electrons. The summed E-state index contributed by atoms with van der Waals surface area (Å²) in [5.41, 5.74) is 4.93. The van der Waals surface area contributed by atoms with E-state index < -0.39 is 5.41 Å². The van der Waals surface area contributed by atoms with Crippen LogP contribution >= 0.6 is 0 Å². The van der Waals surface area contributed by atoms with Gasteiger partial charge in [-0.2, -0.15) is 0 Å². The summed E-state index contributed by atoms with van der Waals surface area (Å²) < 4.78 is 9.95. The highest BCUT2D eigenvalue weighted by atomic mass is 16.6. The Morgan fingerprint density at radius 3 is 2.72 bits per heavy atom. The zero-order valence-corrected chi connectivity index (χ0v) is 11.1. The van der Waals surface area contributed by atoms with Crippen molar-refractivity contribution in [3.63, 3.8) is 0 Å². The van der Waals surface area contributed by atoms with Gasteiger partial charge in [0.25, 0.3) is 0 Å². The van der Waals surface area contributed by atoms with E-state index in [4.69, 9.17) is 15.2 Å². The number of carbonyl (C=O) groups is 2. The molecule has 1 atom stereocenters. The maximum absolute atomic E-state index is 11.3. The number of likely N-dealkylation sites (tertiary alicyclic amines) is 1. The van der Waals surface area contributed by atoms with Gasteiger partial charge in [-0.15, -0.1) is 0 Å². The number of carbonyl (C=O) groups excluding carboxylic acids is 2. The first-order valence-electron chi connectivity index (χ1n) is 6.23. The van der Waals surface area contributed by atoms with E-state index in [1.807, 2.05) is 6.92 Å². The normalized spacial score (nSPS) is 24.1. The molecule has 0 aromatic heterocycles. The second-order valence-corrected chi connectivity index (χ2v) is 4.81. The molecule has 1 saturated heterocycles. The Bertz CT molecular complexity index is 308. The van der Waals surface area contributed by atoms with Gasteiger partial charge in [0.1, 0.15) is 6.61 Å². The van der Waals surface area contributed by atoms with Crippen molar-refractivity contribution in [2.75, 3.05) is 39.5 Å². The Morgan fingerprint density at radius 2 is 2.17 bits per heavy atom. The average Bonchev–Trinajstić information content (AvgIpc) is 2.69. The summed E-state index contributed by atoms with van der Waals surface area (Å²) in [5, 5.41) is 0. The summed E-state index contributed by atoms with van der Waals surface area (Å²) in [5.74, 6) is -0.599. The Balaban J connectivity index is 2.15. The molecule has 1 aliphatic heterocycles. The smallest absolute Gasteiger partial charge is 0.332 e. The third-order valence-corrected chi connectivity index (χ3v) is 3.22. The summed E-state index contributed by atoms with van der Waals surface area (Å²) >= 11 is 0. The van der Waals surface area contributed by atoms with Crippen LogP contribution in [0.4, 0.5) is 0 Å². The molecular formula is C12H22N2O4. The molecule has 0 aliphatic carbocycles. The Labute approximate surface area is 107 Å². The van der Waals surface area contributed by atoms with Crippen LogP contribution in [0, 0.1) is 5.41 Å². The summed E-state index contributed by atoms with van der Waals surface area (Å²) in [6.45, 7) is 6.63. The average molecular weight is 258 g/mol. The van der Waals surface area contributed by atoms with Crippen LogP contribution in [-0.2, 0) is 19.1 Å². The number of nitrogens with zero attached hydrogens (tertiary/aromatic N) is 1. The molecule has 1 fully saturated rings. The van der Waals surface area contributed by atoms with Crippen LogP contribution in [0.1, 0.15) is 20.3 Å². The SMILES string of the molecule is CCOC(=O)COCCN1CCC(C)(C(N)=O)C1. The quantitative estimate of drug-likeness (QED) is 0.503. The summed E-state index contributed by atoms with van der Waals surface area (Å²) in [6.07, 6.45) is 0.778. The predicted octanol–water partition coefficient (Wildman–Crippen LogP) is -0.237. The minimum absolute atomic E-state index is 0.0191. The van der Waals surface area contributed by atoms with E-state index >= 15 is 0 Å². The first-order chi connectivity index (χ1) is 8.48. The van der Waals surface area contributed by atoms with Crippen molar-refractivity contribution in [2.45, 2.75) is 20.3 Å². The van der Waals surface area contributed by atoms with Gasteiger partial charge in [-0.3, -0.25) is 9.69 Å². The Kier molecular flexibility index (Phi) is 5.55. The topological polar surface area (TPSA) is 81.9 Å². The largest absolute Gasteiger partial charge is 0.464 e. The van der Waals surface area contributed by atoms with Crippen molar-refractivity contribution < 1.29 is 19.1 Å². The third-order valence-electron chi connectivity index (χ3n) is 3.22. The lowest BCUT2D eigenvalue weighted by atomic mass is 9.89. The highest BCUT2D eigenvalue weighted by Crippen LogP contribution is 2.28. The monoisotopic (exact) mass is 258 g/mol. The molecule has 1 rings (SSSR count). The van der Waals surface area contributed by atoms with Crippen LogP contribution in [0.15, 0.2) is 0 Å². The van der Waals surface area contributed by atoms with E-state index in [1.54, 1.807) is 6.92 Å². The van der Waals surface area contributed by atoms with E-state index in [0.717, 1.165) is 13.0 Å². The summed E-state index contributed by atoms with van der Waals surface area (Å²) in [6, 6.07) is 0. The van der Waals surface area contributed by atoms with E-state index in [2.05, 4.69) is 4.90 Å². The van der Waals surface area contributed by atoms with E-state index in [1.165, 1.54) is 0 Å². The zero-order valence-electron chi connectivity index (χ0n) is 11.1. The minimum atomic E-state index is -0.429. The lowest BCUT2D eigenvalue weighted by molar-refractivity contribution is -0.148. The van der Waals surface area contributed by atoms with Crippen LogP contribution in [0.25, 0.3) is 0 Å². The number of hydrogen-bond donors (Lipinski definition) is 1. The zero-order chi connectivity index (χ0) is 13.6. The third kappa shape index (κ3) is 4.27. The molecule has 1 unspecified atom stereocenters. The molecule has 1 aliphatic rings. The second kappa shape index (κ2) is 6.70. The minimum Gasteiger partial charge on any atom is -0.464 e. The van der Waals surface area contributed by atoms with Gasteiger partial charge in [0.05, 0.1) is 18.6 Å². The van der Waals surface area contributed by atoms with Gasteiger partial charge in [-0.1, -0.05) is 0 Å². The number of hydrogen-bond acceptors (Lipinski definition) is 5. The van der Waals surface area contributed by atoms with Crippen LogP contribution in [0.3, 0.4) is 0 Å². The molecule has 2 N–H and O–H groups in total. The summed E-state index contributed by atoms with van der Waals surface area (Å²) in [7, 11) is 0. The first-order valence-corrected chi connectivity index (χ1v) is 6.23. The molecule has 0 aromatic rings. The molecule has 0 bridgehead atoms. The molecule has 0 aromatic carbocycles. The maximum atomic E-state index is 11.3. The number of esters is 1. The highest BCUT2D eigenvalue weighted by molar-refractivity contribution is 5.81. The molecule has 0 radical (unpaired) electrons. The maximum Gasteiger partial charge on any atom is 0.332 e. The van der Waals surface area contributed by atoms with Gasteiger partial charge in [-0.05, 0) is 26.8 Å². The standard InChI is InChI=1S/C12H22N2O4/c1-3-18-10(15)8-17-7-6-14-5-4-12(2,9-14)11(13)16/h3-9H2,1-2H3,(H2,13,16). The van der Waals surface area contributed by atoms with Crippen molar-refractivity contribution in [1.29, 1.82) is 0 Å². The predicted molar refractivity (Wildman–Crippen MR) is 65.8 cm³/mol. The lowest BCUT2D eigenvalue weighted by Gasteiger charge is -2.20. The number of ether oxygens (including phenoxy) is 2. The van der Waals surface area contributed by atoms with Crippen molar-refractivity contribution >= 4 is 11.9 Å². The molecule has 6 heteroatoms. The van der Waals surface area contributed by atoms with E-state index in [0.29, 0.717) is 26.3 Å². The van der Waals surface area contributed by atoms with Gasteiger partial charge < -0.3 is 15.2 Å². The molecule has 0 saturated carbocycles. The fourth-order valence-corrected chi connectivity index (χ4v) is 2.00. The van der Waals surface area contributed by atoms with Crippen molar-refractivity contribution in [2.24, 2.45) is 11.1 Å². The van der Waals surface area contributed by atoms with Crippen LogP contribution in [0.2, 0.25) is 0 Å². The molecular weight excluding hydrogens is 236 g/mol. The van der Waals surface area contributed by atoms with Crippen molar-refractivity contribution in [1.82, 2.24) is 4.90 Å². The number of primary amides is 1. The molecule has 1 heterocycles. The van der Waals surface area contributed by atoms with E-state index in [9.17, 15) is 9.59 Å². The van der Waals surface area contributed by atoms with Crippen molar-refractivity contribution in [3.05, 3.63) is 0 Å². The molecule has 0 spiro atoms. The summed E-state index contributed by atoms with van der Waals surface area (Å²) in [4.78, 5) is 24.4. The molecule has 18 heavy (non-hydrogen) atoms. The van der Waals surface area contributed by atoms with Gasteiger partial charge in [0.2, 0.25) is 5.91 Å². The van der Waals surface area contributed by atoms with Crippen LogP contribution < -0.4 is 5.73 Å². The molecule has 1 amide bonds. The van der Waals surface area contributed by atoms with E-state index in [-0.39, 0.29) is 18.5 Å². The second-order valence-electron chi connectivity index (χ2n) is 4.81. The number of amides is 1. The molecule has 6 nitrogen and oxygen atoms in total. The van der Waals surface area contributed by atoms with Gasteiger partial charge >= 0.3 is 5.97 Å². The van der Waals surface area contributed by atoms with Gasteiger partial charge in [0.15, 0.2) is 0 Å². The number of rotatable bonds is 7. The van der Waals surface area contributed by atoms with Crippen LogP contribution in [0.5, 0.6) is 0 Å². The fraction of sp³-hybridized carbons (Fsp3) is 0.833. The first kappa shape index (κ1) is 14.9. The van der Waals surface area contributed by atoms with Crippen LogP contribution in [-0.4, -0.2) is 56.2 Å². The highest BCUT2D eigenvalue weighted by Gasteiger charge is 2.38. The Morgan fingerprint density at radius 1 is 1.44 bits per heavy atom. The van der Waals surface area contributed by atoms with Crippen molar-refractivity contribution in [3.8, 4) is 0 Å². The van der Waals surface area contributed by atoms with Gasteiger partial charge in [0, 0.05) is 13.1 Å². The lowest BCUT2D eigenvalue weighted by Crippen LogP contribution is -2.37.